The summed E-state index contributed by atoms with van der Waals surface area (Å²) < 4.78 is 7.33. The lowest BCUT2D eigenvalue weighted by atomic mass is 10.2. The number of ether oxygens (including phenoxy) is 1. The predicted molar refractivity (Wildman–Crippen MR) is 99.7 cm³/mol. The van der Waals surface area contributed by atoms with E-state index >= 15 is 0 Å². The molecule has 0 aliphatic rings. The van der Waals surface area contributed by atoms with Crippen LogP contribution < -0.4 is 10.1 Å². The van der Waals surface area contributed by atoms with Crippen molar-refractivity contribution >= 4 is 5.91 Å². The molecule has 0 atom stereocenters. The molecule has 1 N–H and O–H groups in total. The van der Waals surface area contributed by atoms with Gasteiger partial charge in [0.1, 0.15) is 18.1 Å². The molecule has 0 aliphatic heterocycles. The van der Waals surface area contributed by atoms with Crippen molar-refractivity contribution in [1.82, 2.24) is 15.1 Å². The van der Waals surface area contributed by atoms with Gasteiger partial charge in [0.15, 0.2) is 0 Å². The van der Waals surface area contributed by atoms with Crippen molar-refractivity contribution in [2.45, 2.75) is 39.7 Å². The second-order valence-corrected chi connectivity index (χ2v) is 5.90. The minimum atomic E-state index is -0.122. The van der Waals surface area contributed by atoms with Gasteiger partial charge in [0.05, 0.1) is 5.69 Å². The van der Waals surface area contributed by atoms with Crippen molar-refractivity contribution in [2.75, 3.05) is 6.61 Å². The van der Waals surface area contributed by atoms with E-state index < -0.39 is 0 Å². The first-order chi connectivity index (χ1) is 12.1. The van der Waals surface area contributed by atoms with Gasteiger partial charge < -0.3 is 10.1 Å². The highest BCUT2D eigenvalue weighted by Gasteiger charge is 2.12. The van der Waals surface area contributed by atoms with E-state index in [9.17, 15) is 4.79 Å². The van der Waals surface area contributed by atoms with Crippen LogP contribution in [-0.4, -0.2) is 22.3 Å². The number of hydrogen-bond acceptors (Lipinski definition) is 3. The summed E-state index contributed by atoms with van der Waals surface area (Å²) in [6, 6.07) is 9.62. The summed E-state index contributed by atoms with van der Waals surface area (Å²) in [7, 11) is 1.79. The van der Waals surface area contributed by atoms with E-state index in [0.717, 1.165) is 36.3 Å². The number of unbranched alkanes of at least 4 members (excludes halogenated alkanes) is 1. The van der Waals surface area contributed by atoms with Gasteiger partial charge in [-0.15, -0.1) is 0 Å². The molecule has 1 aromatic heterocycles. The van der Waals surface area contributed by atoms with Crippen molar-refractivity contribution in [3.05, 3.63) is 59.4 Å². The molecular formula is C20H27N3O2. The van der Waals surface area contributed by atoms with Crippen molar-refractivity contribution < 1.29 is 9.53 Å². The van der Waals surface area contributed by atoms with E-state index in [-0.39, 0.29) is 5.91 Å². The zero-order valence-electron chi connectivity index (χ0n) is 15.3. The molecule has 1 amide bonds. The van der Waals surface area contributed by atoms with Gasteiger partial charge in [-0.1, -0.05) is 44.6 Å². The fourth-order valence-corrected chi connectivity index (χ4v) is 2.43. The molecule has 0 unspecified atom stereocenters. The second kappa shape index (κ2) is 9.67. The van der Waals surface area contributed by atoms with Crippen molar-refractivity contribution in [3.8, 4) is 5.75 Å². The van der Waals surface area contributed by atoms with E-state index in [1.807, 2.05) is 43.3 Å². The Hall–Kier alpha value is -2.56. The smallest absolute Gasteiger partial charge is 0.269 e. The number of hydrogen-bond donors (Lipinski definition) is 1. The number of allylic oxidation sites excluding steroid dienone is 1. The van der Waals surface area contributed by atoms with Gasteiger partial charge in [0.25, 0.3) is 5.91 Å². The molecule has 0 spiro atoms. The van der Waals surface area contributed by atoms with E-state index in [0.29, 0.717) is 18.8 Å². The third-order valence-corrected chi connectivity index (χ3v) is 3.85. The summed E-state index contributed by atoms with van der Waals surface area (Å²) in [4.78, 5) is 12.3. The number of nitrogens with one attached hydrogen (secondary N) is 1. The van der Waals surface area contributed by atoms with Crippen LogP contribution in [0.25, 0.3) is 0 Å². The van der Waals surface area contributed by atoms with Crippen LogP contribution in [0.15, 0.2) is 42.5 Å². The van der Waals surface area contributed by atoms with Crippen molar-refractivity contribution in [1.29, 1.82) is 0 Å². The highest BCUT2D eigenvalue weighted by Crippen LogP contribution is 2.13. The average molecular weight is 341 g/mol. The Kier molecular flexibility index (Phi) is 7.26. The summed E-state index contributed by atoms with van der Waals surface area (Å²) >= 11 is 0. The zero-order chi connectivity index (χ0) is 18.1. The Bertz CT molecular complexity index is 719. The minimum absolute atomic E-state index is 0.122. The van der Waals surface area contributed by atoms with Gasteiger partial charge in [-0.05, 0) is 36.6 Å². The SMILES string of the molecule is CCCC=CCOc1cccc(CNC(=O)c2cc(CC)nn2C)c1. The largest absolute Gasteiger partial charge is 0.490 e. The number of benzene rings is 1. The average Bonchev–Trinajstić information content (AvgIpc) is 3.01. The van der Waals surface area contributed by atoms with Crippen molar-refractivity contribution in [2.24, 2.45) is 7.05 Å². The first-order valence-electron chi connectivity index (χ1n) is 8.81. The quantitative estimate of drug-likeness (QED) is 0.708. The fraction of sp³-hybridized carbons (Fsp3) is 0.400. The highest BCUT2D eigenvalue weighted by molar-refractivity contribution is 5.92. The number of amides is 1. The van der Waals surface area contributed by atoms with Gasteiger partial charge in [-0.3, -0.25) is 9.48 Å². The maximum atomic E-state index is 12.3. The third-order valence-electron chi connectivity index (χ3n) is 3.85. The zero-order valence-corrected chi connectivity index (χ0v) is 15.3. The molecule has 25 heavy (non-hydrogen) atoms. The third kappa shape index (κ3) is 5.78. The number of aryl methyl sites for hydroxylation is 2. The molecular weight excluding hydrogens is 314 g/mol. The molecule has 0 saturated carbocycles. The monoisotopic (exact) mass is 341 g/mol. The number of carbonyl (C=O) groups is 1. The van der Waals surface area contributed by atoms with E-state index in [1.165, 1.54) is 0 Å². The number of carbonyl (C=O) groups excluding carboxylic acids is 1. The molecule has 1 aromatic carbocycles. The van der Waals surface area contributed by atoms with E-state index in [2.05, 4.69) is 23.4 Å². The maximum absolute atomic E-state index is 12.3. The molecule has 5 heteroatoms. The van der Waals surface area contributed by atoms with Gasteiger partial charge >= 0.3 is 0 Å². The molecule has 5 nitrogen and oxygen atoms in total. The molecule has 2 aromatic rings. The topological polar surface area (TPSA) is 56.1 Å². The van der Waals surface area contributed by atoms with Crippen LogP contribution in [0.1, 0.15) is 48.4 Å². The van der Waals surface area contributed by atoms with Crippen LogP contribution >= 0.6 is 0 Å². The van der Waals surface area contributed by atoms with Gasteiger partial charge in [0, 0.05) is 13.6 Å². The Morgan fingerprint density at radius 1 is 1.28 bits per heavy atom. The number of nitrogens with zero attached hydrogens (tertiary/aromatic N) is 2. The lowest BCUT2D eigenvalue weighted by Crippen LogP contribution is -2.25. The highest BCUT2D eigenvalue weighted by atomic mass is 16.5. The molecule has 0 fully saturated rings. The molecule has 0 saturated heterocycles. The van der Waals surface area contributed by atoms with Gasteiger partial charge in [-0.2, -0.15) is 5.10 Å². The summed E-state index contributed by atoms with van der Waals surface area (Å²) in [6.45, 7) is 5.18. The normalized spacial score (nSPS) is 11.0. The first-order valence-corrected chi connectivity index (χ1v) is 8.81. The number of rotatable bonds is 9. The predicted octanol–water partition coefficient (Wildman–Crippen LogP) is 3.65. The van der Waals surface area contributed by atoms with Crippen LogP contribution in [0, 0.1) is 0 Å². The van der Waals surface area contributed by atoms with Crippen LogP contribution in [0.3, 0.4) is 0 Å². The lowest BCUT2D eigenvalue weighted by molar-refractivity contribution is 0.0941. The fourth-order valence-electron chi connectivity index (χ4n) is 2.43. The Balaban J connectivity index is 1.88. The van der Waals surface area contributed by atoms with Crippen LogP contribution in [-0.2, 0) is 20.0 Å². The summed E-state index contributed by atoms with van der Waals surface area (Å²) in [5.41, 5.74) is 2.49. The molecule has 2 rings (SSSR count). The van der Waals surface area contributed by atoms with Crippen LogP contribution in [0.2, 0.25) is 0 Å². The van der Waals surface area contributed by atoms with Crippen LogP contribution in [0.5, 0.6) is 5.75 Å². The summed E-state index contributed by atoms with van der Waals surface area (Å²) in [5.74, 6) is 0.685. The first kappa shape index (κ1) is 18.8. The second-order valence-electron chi connectivity index (χ2n) is 5.90. The molecule has 0 aliphatic carbocycles. The van der Waals surface area contributed by atoms with E-state index in [1.54, 1.807) is 11.7 Å². The maximum Gasteiger partial charge on any atom is 0.269 e. The lowest BCUT2D eigenvalue weighted by Gasteiger charge is -2.08. The molecule has 0 bridgehead atoms. The Morgan fingerprint density at radius 3 is 2.84 bits per heavy atom. The minimum Gasteiger partial charge on any atom is -0.490 e. The van der Waals surface area contributed by atoms with E-state index in [4.69, 9.17) is 4.74 Å². The van der Waals surface area contributed by atoms with Gasteiger partial charge in [-0.25, -0.2) is 0 Å². The Morgan fingerprint density at radius 2 is 2.12 bits per heavy atom. The Labute approximate surface area is 149 Å². The number of aromatic nitrogens is 2. The molecule has 0 radical (unpaired) electrons. The molecule has 134 valence electrons. The summed E-state index contributed by atoms with van der Waals surface area (Å²) in [5, 5.41) is 7.24. The van der Waals surface area contributed by atoms with Crippen LogP contribution in [0.4, 0.5) is 0 Å². The van der Waals surface area contributed by atoms with Gasteiger partial charge in [0.2, 0.25) is 0 Å². The molecule has 1 heterocycles. The summed E-state index contributed by atoms with van der Waals surface area (Å²) in [6.07, 6.45) is 7.19. The van der Waals surface area contributed by atoms with Crippen molar-refractivity contribution in [3.63, 3.8) is 0 Å². The standard InChI is InChI=1S/C20H27N3O2/c1-4-6-7-8-12-25-18-11-9-10-16(13-18)15-21-20(24)19-14-17(5-2)22-23(19)3/h7-11,13-14H,4-6,12,15H2,1-3H3,(H,21,24).